The minimum Gasteiger partial charge on any atom is -0.507 e. The number of ether oxygens (including phenoxy) is 2. The maximum Gasteiger partial charge on any atom is 0.410 e. The van der Waals surface area contributed by atoms with Crippen molar-refractivity contribution in [3.05, 3.63) is 23.8 Å². The number of fused-ring (bicyclic) bond motifs is 1. The number of Topliss-reactive ketones (excluding diaryl/α,β-unsaturated/α-hetero) is 1. The van der Waals surface area contributed by atoms with E-state index in [1.54, 1.807) is 17.0 Å². The normalized spacial score (nSPS) is 23.6. The highest BCUT2D eigenvalue weighted by atomic mass is 16.6. The maximum atomic E-state index is 12.5. The predicted molar refractivity (Wildman–Crippen MR) is 87.5 cm³/mol. The van der Waals surface area contributed by atoms with Crippen LogP contribution in [0.2, 0.25) is 0 Å². The summed E-state index contributed by atoms with van der Waals surface area (Å²) in [7, 11) is 0. The number of amides is 1. The molecular weight excluding hydrogens is 310 g/mol. The molecule has 6 nitrogen and oxygen atoms in total. The molecule has 1 aromatic rings. The minimum atomic E-state index is -0.743. The molecule has 1 N–H and O–H groups in total. The third kappa shape index (κ3) is 3.18. The second-order valence-corrected chi connectivity index (χ2v) is 7.54. The van der Waals surface area contributed by atoms with Crippen molar-refractivity contribution >= 4 is 11.9 Å². The van der Waals surface area contributed by atoms with Crippen molar-refractivity contribution in [2.75, 3.05) is 13.1 Å². The van der Waals surface area contributed by atoms with Crippen LogP contribution in [0.5, 0.6) is 11.5 Å². The number of hydrogen-bond acceptors (Lipinski definition) is 5. The van der Waals surface area contributed by atoms with Crippen molar-refractivity contribution in [1.29, 1.82) is 0 Å². The van der Waals surface area contributed by atoms with E-state index in [9.17, 15) is 14.7 Å². The summed E-state index contributed by atoms with van der Waals surface area (Å²) in [5.41, 5.74) is -1.08. The Labute approximate surface area is 141 Å². The standard InChI is InChI=1S/C18H23NO5/c1-17(2,3)24-16(22)19-9-5-8-18(11-19)10-13(21)15-12(20)6-4-7-14(15)23-18/h4,6-7,20H,5,8-11H2,1-3H3/t18-/m0/s1. The number of carbonyl (C=O) groups excluding carboxylic acids is 2. The average Bonchev–Trinajstić information content (AvgIpc) is 2.45. The van der Waals surface area contributed by atoms with Crippen LogP contribution in [-0.2, 0) is 4.74 Å². The number of benzene rings is 1. The van der Waals surface area contributed by atoms with Crippen molar-refractivity contribution < 1.29 is 24.2 Å². The van der Waals surface area contributed by atoms with Crippen molar-refractivity contribution in [2.45, 2.75) is 51.2 Å². The summed E-state index contributed by atoms with van der Waals surface area (Å²) in [5, 5.41) is 9.90. The highest BCUT2D eigenvalue weighted by Gasteiger charge is 2.46. The number of phenols is 1. The number of phenolic OH excluding ortho intramolecular Hbond substituents is 1. The number of ketones is 1. The van der Waals surface area contributed by atoms with Gasteiger partial charge in [0.1, 0.15) is 28.3 Å². The molecule has 1 aromatic carbocycles. The van der Waals surface area contributed by atoms with Crippen molar-refractivity contribution in [2.24, 2.45) is 0 Å². The summed E-state index contributed by atoms with van der Waals surface area (Å²) in [6.07, 6.45) is 1.18. The van der Waals surface area contributed by atoms with E-state index < -0.39 is 11.2 Å². The highest BCUT2D eigenvalue weighted by Crippen LogP contribution is 2.41. The number of rotatable bonds is 0. The van der Waals surface area contributed by atoms with Gasteiger partial charge in [-0.2, -0.15) is 0 Å². The van der Waals surface area contributed by atoms with Crippen LogP contribution in [0.3, 0.4) is 0 Å². The fourth-order valence-corrected chi connectivity index (χ4v) is 3.34. The lowest BCUT2D eigenvalue weighted by Crippen LogP contribution is -2.56. The van der Waals surface area contributed by atoms with Gasteiger partial charge in [-0.1, -0.05) is 6.07 Å². The Morgan fingerprint density at radius 1 is 1.38 bits per heavy atom. The second kappa shape index (κ2) is 5.69. The van der Waals surface area contributed by atoms with Gasteiger partial charge in [0.25, 0.3) is 0 Å². The SMILES string of the molecule is CC(C)(C)OC(=O)N1CCC[C@]2(CC(=O)c3c(O)cccc3O2)C1. The second-order valence-electron chi connectivity index (χ2n) is 7.54. The van der Waals surface area contributed by atoms with Crippen LogP contribution in [0.25, 0.3) is 0 Å². The highest BCUT2D eigenvalue weighted by molar-refractivity contribution is 6.02. The van der Waals surface area contributed by atoms with Gasteiger partial charge in [0.2, 0.25) is 0 Å². The largest absolute Gasteiger partial charge is 0.507 e. The van der Waals surface area contributed by atoms with E-state index in [4.69, 9.17) is 9.47 Å². The molecular formula is C18H23NO5. The van der Waals surface area contributed by atoms with Gasteiger partial charge < -0.3 is 19.5 Å². The fourth-order valence-electron chi connectivity index (χ4n) is 3.34. The summed E-state index contributed by atoms with van der Waals surface area (Å²) in [6.45, 7) is 6.36. The van der Waals surface area contributed by atoms with Crippen molar-refractivity contribution in [3.63, 3.8) is 0 Å². The molecule has 1 fully saturated rings. The lowest BCUT2D eigenvalue weighted by Gasteiger charge is -2.44. The number of nitrogens with zero attached hydrogens (tertiary/aromatic N) is 1. The van der Waals surface area contributed by atoms with Crippen LogP contribution in [0.4, 0.5) is 4.79 Å². The van der Waals surface area contributed by atoms with E-state index in [0.717, 1.165) is 6.42 Å². The van der Waals surface area contributed by atoms with Crippen LogP contribution < -0.4 is 4.74 Å². The first kappa shape index (κ1) is 16.6. The number of likely N-dealkylation sites (tertiary alicyclic amines) is 1. The van der Waals surface area contributed by atoms with Crippen LogP contribution in [0.15, 0.2) is 18.2 Å². The molecule has 24 heavy (non-hydrogen) atoms. The molecule has 2 heterocycles. The molecule has 3 rings (SSSR count). The Bertz CT molecular complexity index is 678. The van der Waals surface area contributed by atoms with Crippen LogP contribution in [0.1, 0.15) is 50.4 Å². The quantitative estimate of drug-likeness (QED) is 0.789. The molecule has 130 valence electrons. The zero-order valence-corrected chi connectivity index (χ0v) is 14.3. The van der Waals surface area contributed by atoms with E-state index >= 15 is 0 Å². The molecule has 6 heteroatoms. The number of aromatic hydroxyl groups is 1. The third-order valence-corrected chi connectivity index (χ3v) is 4.28. The molecule has 2 aliphatic heterocycles. The first-order valence-electron chi connectivity index (χ1n) is 8.21. The zero-order valence-electron chi connectivity index (χ0n) is 14.3. The monoisotopic (exact) mass is 333 g/mol. The van der Waals surface area contributed by atoms with E-state index in [1.807, 2.05) is 20.8 Å². The van der Waals surface area contributed by atoms with Gasteiger partial charge >= 0.3 is 6.09 Å². The molecule has 1 atom stereocenters. The van der Waals surface area contributed by atoms with Gasteiger partial charge in [-0.25, -0.2) is 4.79 Å². The number of hydrogen-bond donors (Lipinski definition) is 1. The average molecular weight is 333 g/mol. The molecule has 0 aromatic heterocycles. The lowest BCUT2D eigenvalue weighted by molar-refractivity contribution is -0.0335. The molecule has 1 saturated heterocycles. The Balaban J connectivity index is 1.82. The van der Waals surface area contributed by atoms with Crippen molar-refractivity contribution in [1.82, 2.24) is 4.90 Å². The predicted octanol–water partition coefficient (Wildman–Crippen LogP) is 3.13. The third-order valence-electron chi connectivity index (χ3n) is 4.28. The smallest absolute Gasteiger partial charge is 0.410 e. The molecule has 1 amide bonds. The van der Waals surface area contributed by atoms with Crippen LogP contribution >= 0.6 is 0 Å². The molecule has 2 aliphatic rings. The zero-order chi connectivity index (χ0) is 17.5. The number of piperidine rings is 1. The summed E-state index contributed by atoms with van der Waals surface area (Å²) < 4.78 is 11.5. The van der Waals surface area contributed by atoms with Gasteiger partial charge in [0.15, 0.2) is 5.78 Å². The van der Waals surface area contributed by atoms with Crippen LogP contribution in [0, 0.1) is 0 Å². The molecule has 0 radical (unpaired) electrons. The van der Waals surface area contributed by atoms with Crippen LogP contribution in [-0.4, -0.2) is 46.2 Å². The summed E-state index contributed by atoms with van der Waals surface area (Å²) >= 11 is 0. The first-order valence-corrected chi connectivity index (χ1v) is 8.21. The summed E-state index contributed by atoms with van der Waals surface area (Å²) in [6, 6.07) is 4.81. The van der Waals surface area contributed by atoms with Crippen molar-refractivity contribution in [3.8, 4) is 11.5 Å². The van der Waals surface area contributed by atoms with E-state index in [0.29, 0.717) is 25.3 Å². The number of carbonyl (C=O) groups is 2. The topological polar surface area (TPSA) is 76.1 Å². The van der Waals surface area contributed by atoms with Gasteiger partial charge in [0.05, 0.1) is 13.0 Å². The Morgan fingerprint density at radius 2 is 2.12 bits per heavy atom. The Morgan fingerprint density at radius 3 is 2.83 bits per heavy atom. The molecule has 0 aliphatic carbocycles. The molecule has 1 spiro atoms. The van der Waals surface area contributed by atoms with Gasteiger partial charge in [-0.3, -0.25) is 4.79 Å². The lowest BCUT2D eigenvalue weighted by atomic mass is 9.83. The maximum absolute atomic E-state index is 12.5. The van der Waals surface area contributed by atoms with E-state index in [2.05, 4.69) is 0 Å². The van der Waals surface area contributed by atoms with Gasteiger partial charge in [-0.05, 0) is 45.7 Å². The van der Waals surface area contributed by atoms with E-state index in [-0.39, 0.29) is 29.6 Å². The summed E-state index contributed by atoms with van der Waals surface area (Å²) in [4.78, 5) is 26.5. The minimum absolute atomic E-state index is 0.0628. The Hall–Kier alpha value is -2.24. The van der Waals surface area contributed by atoms with Gasteiger partial charge in [0, 0.05) is 6.54 Å². The molecule has 0 unspecified atom stereocenters. The molecule has 0 bridgehead atoms. The molecule has 0 saturated carbocycles. The fraction of sp³-hybridized carbons (Fsp3) is 0.556. The first-order chi connectivity index (χ1) is 11.2. The summed E-state index contributed by atoms with van der Waals surface area (Å²) in [5.74, 6) is 0.171. The van der Waals surface area contributed by atoms with E-state index in [1.165, 1.54) is 6.07 Å². The Kier molecular flexibility index (Phi) is 3.94. The van der Waals surface area contributed by atoms with Gasteiger partial charge in [-0.15, -0.1) is 0 Å².